The van der Waals surface area contributed by atoms with Crippen molar-refractivity contribution in [2.75, 3.05) is 11.9 Å². The largest absolute Gasteiger partial charge is 0.388 e. The maximum Gasteiger partial charge on any atom is 0.133 e. The zero-order valence-electron chi connectivity index (χ0n) is 13.0. The highest BCUT2D eigenvalue weighted by molar-refractivity contribution is 5.36. The molecule has 4 nitrogen and oxygen atoms in total. The Morgan fingerprint density at radius 3 is 2.42 bits per heavy atom. The van der Waals surface area contributed by atoms with Crippen molar-refractivity contribution in [3.8, 4) is 0 Å². The van der Waals surface area contributed by atoms with Crippen molar-refractivity contribution in [3.05, 3.63) is 17.6 Å². The molecule has 0 amide bonds. The summed E-state index contributed by atoms with van der Waals surface area (Å²) in [4.78, 5) is 8.89. The molecular weight excluding hydrogens is 238 g/mol. The van der Waals surface area contributed by atoms with Gasteiger partial charge < -0.3 is 10.4 Å². The number of anilines is 1. The molecule has 0 saturated heterocycles. The third-order valence-corrected chi connectivity index (χ3v) is 2.89. The average molecular weight is 265 g/mol. The Morgan fingerprint density at radius 2 is 1.89 bits per heavy atom. The Hall–Kier alpha value is -1.16. The highest BCUT2D eigenvalue weighted by Gasteiger charge is 2.21. The van der Waals surface area contributed by atoms with Crippen LogP contribution in [0.5, 0.6) is 0 Å². The molecule has 0 aliphatic rings. The van der Waals surface area contributed by atoms with E-state index in [9.17, 15) is 5.11 Å². The predicted octanol–water partition coefficient (Wildman–Crippen LogP) is 3.12. The van der Waals surface area contributed by atoms with Gasteiger partial charge in [0.15, 0.2) is 0 Å². The molecule has 108 valence electrons. The van der Waals surface area contributed by atoms with E-state index in [4.69, 9.17) is 0 Å². The zero-order valence-corrected chi connectivity index (χ0v) is 13.0. The third-order valence-electron chi connectivity index (χ3n) is 2.89. The Kier molecular flexibility index (Phi) is 5.29. The van der Waals surface area contributed by atoms with Crippen molar-refractivity contribution in [2.24, 2.45) is 5.92 Å². The van der Waals surface area contributed by atoms with Gasteiger partial charge in [0.05, 0.1) is 5.60 Å². The van der Waals surface area contributed by atoms with E-state index < -0.39 is 5.60 Å². The molecule has 0 radical (unpaired) electrons. The summed E-state index contributed by atoms with van der Waals surface area (Å²) in [6, 6.07) is 1.91. The second-order valence-electron chi connectivity index (χ2n) is 6.36. The molecule has 1 heterocycles. The van der Waals surface area contributed by atoms with Crippen molar-refractivity contribution >= 4 is 5.82 Å². The van der Waals surface area contributed by atoms with Crippen molar-refractivity contribution < 1.29 is 5.11 Å². The molecule has 0 aliphatic carbocycles. The minimum absolute atomic E-state index is 0.302. The highest BCUT2D eigenvalue weighted by atomic mass is 16.3. The number of hydrogen-bond donors (Lipinski definition) is 2. The first-order chi connectivity index (χ1) is 8.69. The molecule has 2 N–H and O–H groups in total. The van der Waals surface area contributed by atoms with E-state index in [1.165, 1.54) is 0 Å². The lowest BCUT2D eigenvalue weighted by Gasteiger charge is -2.26. The van der Waals surface area contributed by atoms with Gasteiger partial charge in [-0.05, 0) is 26.2 Å². The number of aliphatic hydroxyl groups is 1. The molecule has 0 spiro atoms. The summed E-state index contributed by atoms with van der Waals surface area (Å²) in [5, 5.41) is 13.5. The first-order valence-electron chi connectivity index (χ1n) is 7.01. The summed E-state index contributed by atoms with van der Waals surface area (Å²) < 4.78 is 0. The SMILES string of the molecule is Cc1cc(NCC(C)(O)CC(C)C)nc(C(C)C)n1. The molecule has 0 aliphatic heterocycles. The van der Waals surface area contributed by atoms with Gasteiger partial charge >= 0.3 is 0 Å². The van der Waals surface area contributed by atoms with Crippen molar-refractivity contribution in [2.45, 2.75) is 59.5 Å². The van der Waals surface area contributed by atoms with Gasteiger partial charge in [-0.25, -0.2) is 9.97 Å². The number of aromatic nitrogens is 2. The van der Waals surface area contributed by atoms with Crippen LogP contribution < -0.4 is 5.32 Å². The predicted molar refractivity (Wildman–Crippen MR) is 79.4 cm³/mol. The van der Waals surface area contributed by atoms with Crippen LogP contribution >= 0.6 is 0 Å². The van der Waals surface area contributed by atoms with Crippen LogP contribution in [-0.4, -0.2) is 27.2 Å². The fourth-order valence-electron chi connectivity index (χ4n) is 2.17. The van der Waals surface area contributed by atoms with Gasteiger partial charge in [-0.2, -0.15) is 0 Å². The summed E-state index contributed by atoms with van der Waals surface area (Å²) in [6.07, 6.45) is 0.765. The second-order valence-corrected chi connectivity index (χ2v) is 6.36. The minimum atomic E-state index is -0.717. The summed E-state index contributed by atoms with van der Waals surface area (Å²) in [5.41, 5.74) is 0.232. The van der Waals surface area contributed by atoms with Gasteiger partial charge in [-0.15, -0.1) is 0 Å². The lowest BCUT2D eigenvalue weighted by atomic mass is 9.94. The van der Waals surface area contributed by atoms with Crippen molar-refractivity contribution in [1.29, 1.82) is 0 Å². The van der Waals surface area contributed by atoms with Gasteiger partial charge in [0.1, 0.15) is 11.6 Å². The summed E-state index contributed by atoms with van der Waals surface area (Å²) in [6.45, 7) is 12.7. The molecular formula is C15H27N3O. The van der Waals surface area contributed by atoms with Crippen LogP contribution in [0.15, 0.2) is 6.07 Å². The zero-order chi connectivity index (χ0) is 14.6. The fraction of sp³-hybridized carbons (Fsp3) is 0.733. The minimum Gasteiger partial charge on any atom is -0.388 e. The summed E-state index contributed by atoms with van der Waals surface area (Å²) in [5.74, 6) is 2.40. The molecule has 0 saturated carbocycles. The van der Waals surface area contributed by atoms with E-state index in [0.717, 1.165) is 23.8 Å². The Balaban J connectivity index is 2.72. The summed E-state index contributed by atoms with van der Waals surface area (Å²) >= 11 is 0. The first kappa shape index (κ1) is 15.9. The maximum absolute atomic E-state index is 10.3. The van der Waals surface area contributed by atoms with Gasteiger partial charge in [0.2, 0.25) is 0 Å². The van der Waals surface area contributed by atoms with Crippen molar-refractivity contribution in [1.82, 2.24) is 9.97 Å². The topological polar surface area (TPSA) is 58.0 Å². The van der Waals surface area contributed by atoms with E-state index in [0.29, 0.717) is 18.4 Å². The van der Waals surface area contributed by atoms with Gasteiger partial charge in [-0.1, -0.05) is 27.7 Å². The molecule has 1 atom stereocenters. The molecule has 4 heteroatoms. The Morgan fingerprint density at radius 1 is 1.26 bits per heavy atom. The number of nitrogens with zero attached hydrogens (tertiary/aromatic N) is 2. The normalized spacial score (nSPS) is 14.8. The number of aryl methyl sites for hydroxylation is 1. The Labute approximate surface area is 116 Å². The van der Waals surface area contributed by atoms with Crippen LogP contribution in [0.3, 0.4) is 0 Å². The fourth-order valence-corrected chi connectivity index (χ4v) is 2.17. The standard InChI is InChI=1S/C15H27N3O/c1-10(2)8-15(6,19)9-16-13-7-12(5)17-14(18-13)11(3)4/h7,10-11,19H,8-9H2,1-6H3,(H,16,17,18). The molecule has 0 aromatic carbocycles. The Bertz CT molecular complexity index is 414. The quantitative estimate of drug-likeness (QED) is 0.829. The molecule has 1 aromatic heterocycles. The average Bonchev–Trinajstić information content (AvgIpc) is 2.24. The number of nitrogens with one attached hydrogen (secondary N) is 1. The van der Waals surface area contributed by atoms with Crippen molar-refractivity contribution in [3.63, 3.8) is 0 Å². The van der Waals surface area contributed by atoms with Gasteiger partial charge in [-0.3, -0.25) is 0 Å². The van der Waals surface area contributed by atoms with E-state index in [1.54, 1.807) is 0 Å². The van der Waals surface area contributed by atoms with Crippen LogP contribution in [0.1, 0.15) is 58.5 Å². The first-order valence-corrected chi connectivity index (χ1v) is 7.01. The smallest absolute Gasteiger partial charge is 0.133 e. The lowest BCUT2D eigenvalue weighted by molar-refractivity contribution is 0.0514. The van der Waals surface area contributed by atoms with E-state index in [-0.39, 0.29) is 0 Å². The number of rotatable bonds is 6. The van der Waals surface area contributed by atoms with Gasteiger partial charge in [0.25, 0.3) is 0 Å². The highest BCUT2D eigenvalue weighted by Crippen LogP contribution is 2.18. The van der Waals surface area contributed by atoms with Crippen LogP contribution in [-0.2, 0) is 0 Å². The molecule has 19 heavy (non-hydrogen) atoms. The molecule has 0 fully saturated rings. The van der Waals surface area contributed by atoms with E-state index in [2.05, 4.69) is 43.0 Å². The van der Waals surface area contributed by atoms with Crippen LogP contribution in [0.4, 0.5) is 5.82 Å². The number of hydrogen-bond acceptors (Lipinski definition) is 4. The molecule has 1 unspecified atom stereocenters. The second kappa shape index (κ2) is 6.33. The maximum atomic E-state index is 10.3. The molecule has 1 rings (SSSR count). The van der Waals surface area contributed by atoms with Gasteiger partial charge in [0, 0.05) is 24.2 Å². The van der Waals surface area contributed by atoms with Crippen LogP contribution in [0, 0.1) is 12.8 Å². The van der Waals surface area contributed by atoms with Crippen LogP contribution in [0.25, 0.3) is 0 Å². The monoisotopic (exact) mass is 265 g/mol. The molecule has 1 aromatic rings. The van der Waals surface area contributed by atoms with E-state index >= 15 is 0 Å². The third kappa shape index (κ3) is 5.55. The summed E-state index contributed by atoms with van der Waals surface area (Å²) in [7, 11) is 0. The van der Waals surface area contributed by atoms with E-state index in [1.807, 2.05) is 19.9 Å². The van der Waals surface area contributed by atoms with Crippen LogP contribution in [0.2, 0.25) is 0 Å². The lowest BCUT2D eigenvalue weighted by Crippen LogP contribution is -2.35. The molecule has 0 bridgehead atoms.